The van der Waals surface area contributed by atoms with Crippen LogP contribution in [0.25, 0.3) is 0 Å². The fourth-order valence-electron chi connectivity index (χ4n) is 1.73. The third-order valence-electron chi connectivity index (χ3n) is 2.79. The van der Waals surface area contributed by atoms with Crippen molar-refractivity contribution >= 4 is 43.5 Å². The van der Waals surface area contributed by atoms with Crippen LogP contribution in [0.2, 0.25) is 0 Å². The van der Waals surface area contributed by atoms with Crippen LogP contribution >= 0.6 is 31.9 Å². The van der Waals surface area contributed by atoms with Gasteiger partial charge in [-0.25, -0.2) is 0 Å². The molecule has 21 heavy (non-hydrogen) atoms. The number of anilines is 1. The van der Waals surface area contributed by atoms with Crippen molar-refractivity contribution in [2.24, 2.45) is 0 Å². The molecule has 2 rings (SSSR count). The van der Waals surface area contributed by atoms with Crippen LogP contribution in [0.5, 0.6) is 11.5 Å². The Kier molecular flexibility index (Phi) is 5.25. The Morgan fingerprint density at radius 3 is 2.19 bits per heavy atom. The molecule has 0 heterocycles. The first kappa shape index (κ1) is 15.9. The Labute approximate surface area is 139 Å². The van der Waals surface area contributed by atoms with Crippen LogP contribution in [0.15, 0.2) is 45.3 Å². The zero-order valence-corrected chi connectivity index (χ0v) is 14.6. The largest absolute Gasteiger partial charge is 0.497 e. The second-order valence-corrected chi connectivity index (χ2v) is 5.95. The van der Waals surface area contributed by atoms with Crippen molar-refractivity contribution in [2.75, 3.05) is 19.5 Å². The molecule has 0 atom stereocenters. The summed E-state index contributed by atoms with van der Waals surface area (Å²) in [6, 6.07) is 10.6. The number of carbonyl (C=O) groups is 1. The average molecular weight is 415 g/mol. The lowest BCUT2D eigenvalue weighted by atomic mass is 10.2. The monoisotopic (exact) mass is 413 g/mol. The van der Waals surface area contributed by atoms with E-state index in [4.69, 9.17) is 9.47 Å². The predicted molar refractivity (Wildman–Crippen MR) is 89.3 cm³/mol. The fourth-order valence-corrected chi connectivity index (χ4v) is 2.43. The zero-order valence-electron chi connectivity index (χ0n) is 11.4. The summed E-state index contributed by atoms with van der Waals surface area (Å²) in [6.45, 7) is 0. The number of rotatable bonds is 4. The van der Waals surface area contributed by atoms with Gasteiger partial charge in [-0.2, -0.15) is 0 Å². The van der Waals surface area contributed by atoms with E-state index in [2.05, 4.69) is 37.2 Å². The number of amides is 1. The van der Waals surface area contributed by atoms with Crippen molar-refractivity contribution in [1.29, 1.82) is 0 Å². The second-order valence-electron chi connectivity index (χ2n) is 4.18. The van der Waals surface area contributed by atoms with Crippen LogP contribution in [-0.2, 0) is 0 Å². The van der Waals surface area contributed by atoms with Gasteiger partial charge in [0.1, 0.15) is 11.5 Å². The molecule has 4 nitrogen and oxygen atoms in total. The molecule has 2 aromatic carbocycles. The number of hydrogen-bond donors (Lipinski definition) is 1. The van der Waals surface area contributed by atoms with Gasteiger partial charge in [-0.05, 0) is 46.3 Å². The first-order valence-electron chi connectivity index (χ1n) is 6.03. The Morgan fingerprint density at radius 1 is 1.00 bits per heavy atom. The molecule has 1 N–H and O–H groups in total. The maximum absolute atomic E-state index is 12.4. The molecule has 0 aromatic heterocycles. The van der Waals surface area contributed by atoms with Crippen molar-refractivity contribution in [3.8, 4) is 11.5 Å². The van der Waals surface area contributed by atoms with Gasteiger partial charge in [0.15, 0.2) is 0 Å². The first-order valence-corrected chi connectivity index (χ1v) is 7.61. The van der Waals surface area contributed by atoms with Crippen LogP contribution < -0.4 is 14.8 Å². The molecule has 0 saturated carbocycles. The quantitative estimate of drug-likeness (QED) is 0.802. The summed E-state index contributed by atoms with van der Waals surface area (Å²) < 4.78 is 12.0. The van der Waals surface area contributed by atoms with Gasteiger partial charge < -0.3 is 14.8 Å². The summed E-state index contributed by atoms with van der Waals surface area (Å²) in [5.74, 6) is 0.881. The molecule has 0 spiro atoms. The van der Waals surface area contributed by atoms with Crippen molar-refractivity contribution in [3.63, 3.8) is 0 Å². The topological polar surface area (TPSA) is 47.6 Å². The molecule has 6 heteroatoms. The molecule has 0 aliphatic heterocycles. The second kappa shape index (κ2) is 6.95. The first-order chi connectivity index (χ1) is 10.0. The summed E-state index contributed by atoms with van der Waals surface area (Å²) in [5, 5.41) is 2.84. The van der Waals surface area contributed by atoms with Crippen molar-refractivity contribution in [2.45, 2.75) is 0 Å². The number of halogens is 2. The molecule has 1 amide bonds. The SMILES string of the molecule is COc1cc(OC)cc(C(=O)Nc2cc(Br)ccc2Br)c1. The van der Waals surface area contributed by atoms with Gasteiger partial charge >= 0.3 is 0 Å². The summed E-state index contributed by atoms with van der Waals surface area (Å²) in [4.78, 5) is 12.4. The van der Waals surface area contributed by atoms with Gasteiger partial charge in [0, 0.05) is 20.6 Å². The summed E-state index contributed by atoms with van der Waals surface area (Å²) in [5.41, 5.74) is 1.13. The van der Waals surface area contributed by atoms with Gasteiger partial charge in [0.05, 0.1) is 19.9 Å². The number of nitrogens with one attached hydrogen (secondary N) is 1. The molecule has 0 aliphatic carbocycles. The number of carbonyl (C=O) groups excluding carboxylic acids is 1. The molecule has 0 fully saturated rings. The highest BCUT2D eigenvalue weighted by Crippen LogP contribution is 2.28. The van der Waals surface area contributed by atoms with E-state index in [-0.39, 0.29) is 5.91 Å². The molecule has 2 aromatic rings. The van der Waals surface area contributed by atoms with E-state index in [9.17, 15) is 4.79 Å². The minimum Gasteiger partial charge on any atom is -0.497 e. The van der Waals surface area contributed by atoms with E-state index in [1.807, 2.05) is 18.2 Å². The number of methoxy groups -OCH3 is 2. The van der Waals surface area contributed by atoms with Crippen LogP contribution in [0.4, 0.5) is 5.69 Å². The molecule has 0 radical (unpaired) electrons. The maximum Gasteiger partial charge on any atom is 0.255 e. The lowest BCUT2D eigenvalue weighted by Gasteiger charge is -2.10. The Balaban J connectivity index is 2.29. The highest BCUT2D eigenvalue weighted by Gasteiger charge is 2.12. The van der Waals surface area contributed by atoms with Crippen LogP contribution in [0.3, 0.4) is 0 Å². The lowest BCUT2D eigenvalue weighted by Crippen LogP contribution is -2.12. The van der Waals surface area contributed by atoms with E-state index >= 15 is 0 Å². The van der Waals surface area contributed by atoms with Crippen LogP contribution in [0.1, 0.15) is 10.4 Å². The van der Waals surface area contributed by atoms with Crippen molar-refractivity contribution < 1.29 is 14.3 Å². The van der Waals surface area contributed by atoms with Gasteiger partial charge in [0.2, 0.25) is 0 Å². The van der Waals surface area contributed by atoms with Gasteiger partial charge in [0.25, 0.3) is 5.91 Å². The predicted octanol–water partition coefficient (Wildman–Crippen LogP) is 4.48. The van der Waals surface area contributed by atoms with E-state index in [1.165, 1.54) is 0 Å². The smallest absolute Gasteiger partial charge is 0.255 e. The average Bonchev–Trinajstić information content (AvgIpc) is 2.50. The van der Waals surface area contributed by atoms with Gasteiger partial charge in [-0.1, -0.05) is 15.9 Å². The summed E-state index contributed by atoms with van der Waals surface area (Å²) in [6.07, 6.45) is 0. The minimum atomic E-state index is -0.244. The van der Waals surface area contributed by atoms with Crippen molar-refractivity contribution in [3.05, 3.63) is 50.9 Å². The number of ether oxygens (including phenoxy) is 2. The summed E-state index contributed by atoms with van der Waals surface area (Å²) >= 11 is 6.78. The lowest BCUT2D eigenvalue weighted by molar-refractivity contribution is 0.102. The molecule has 110 valence electrons. The number of hydrogen-bond acceptors (Lipinski definition) is 3. The molecule has 0 saturated heterocycles. The Hall–Kier alpha value is -1.53. The highest BCUT2D eigenvalue weighted by atomic mass is 79.9. The van der Waals surface area contributed by atoms with Gasteiger partial charge in [-0.3, -0.25) is 4.79 Å². The van der Waals surface area contributed by atoms with E-state index < -0.39 is 0 Å². The van der Waals surface area contributed by atoms with E-state index in [1.54, 1.807) is 32.4 Å². The van der Waals surface area contributed by atoms with Gasteiger partial charge in [-0.15, -0.1) is 0 Å². The molecule has 0 bridgehead atoms. The standard InChI is InChI=1S/C15H13Br2NO3/c1-20-11-5-9(6-12(8-11)21-2)15(19)18-14-7-10(16)3-4-13(14)17/h3-8H,1-2H3,(H,18,19). The fraction of sp³-hybridized carbons (Fsp3) is 0.133. The van der Waals surface area contributed by atoms with Crippen molar-refractivity contribution in [1.82, 2.24) is 0 Å². The summed E-state index contributed by atoms with van der Waals surface area (Å²) in [7, 11) is 3.09. The Bertz CT molecular complexity index is 652. The maximum atomic E-state index is 12.4. The Morgan fingerprint density at radius 2 is 1.62 bits per heavy atom. The normalized spacial score (nSPS) is 10.1. The number of benzene rings is 2. The third kappa shape index (κ3) is 3.98. The van der Waals surface area contributed by atoms with Crippen LogP contribution in [-0.4, -0.2) is 20.1 Å². The minimum absolute atomic E-state index is 0.244. The van der Waals surface area contributed by atoms with Crippen LogP contribution in [0, 0.1) is 0 Å². The zero-order chi connectivity index (χ0) is 15.4. The molecule has 0 unspecified atom stereocenters. The highest BCUT2D eigenvalue weighted by molar-refractivity contribution is 9.11. The van der Waals surface area contributed by atoms with E-state index in [0.29, 0.717) is 22.7 Å². The third-order valence-corrected chi connectivity index (χ3v) is 3.97. The van der Waals surface area contributed by atoms with E-state index in [0.717, 1.165) is 8.95 Å². The molecular weight excluding hydrogens is 402 g/mol. The molecular formula is C15H13Br2NO3. The molecule has 0 aliphatic rings.